The van der Waals surface area contributed by atoms with Gasteiger partial charge in [0.15, 0.2) is 0 Å². The van der Waals surface area contributed by atoms with E-state index in [4.69, 9.17) is 9.47 Å². The minimum Gasteiger partial charge on any atom is -0.378 e. The maximum absolute atomic E-state index is 5.41. The molecule has 0 rings (SSSR count). The Morgan fingerprint density at radius 3 is 1.78 bits per heavy atom. The second-order valence-corrected chi connectivity index (χ2v) is 4.18. The van der Waals surface area contributed by atoms with Crippen LogP contribution >= 0.6 is 0 Å². The second-order valence-electron chi connectivity index (χ2n) is 4.18. The Hall–Kier alpha value is -0.160. The Labute approximate surface area is 114 Å². The van der Waals surface area contributed by atoms with E-state index >= 15 is 0 Å². The van der Waals surface area contributed by atoms with Gasteiger partial charge in [-0.15, -0.1) is 0 Å². The quantitative estimate of drug-likeness (QED) is 0.527. The highest BCUT2D eigenvalue weighted by Gasteiger charge is 1.93. The van der Waals surface area contributed by atoms with Gasteiger partial charge in [-0.25, -0.2) is 0 Å². The van der Waals surface area contributed by atoms with E-state index in [1.165, 1.54) is 0 Å². The van der Waals surface area contributed by atoms with Gasteiger partial charge in [0, 0.05) is 13.1 Å². The molecule has 0 aromatic rings. The van der Waals surface area contributed by atoms with Gasteiger partial charge in [-0.1, -0.05) is 34.6 Å². The van der Waals surface area contributed by atoms with Gasteiger partial charge in [0.2, 0.25) is 0 Å². The molecule has 0 radical (unpaired) electrons. The molecule has 0 unspecified atom stereocenters. The predicted octanol–water partition coefficient (Wildman–Crippen LogP) is 1.90. The Kier molecular flexibility index (Phi) is 21.5. The summed E-state index contributed by atoms with van der Waals surface area (Å²) in [7, 11) is 0. The van der Waals surface area contributed by atoms with Crippen molar-refractivity contribution in [2.24, 2.45) is 5.92 Å². The second kappa shape index (κ2) is 19.2. The Morgan fingerprint density at radius 2 is 1.33 bits per heavy atom. The summed E-state index contributed by atoms with van der Waals surface area (Å²) >= 11 is 0. The summed E-state index contributed by atoms with van der Waals surface area (Å²) < 4.78 is 10.8. The maximum Gasteiger partial charge on any atom is 0.0701 e. The van der Waals surface area contributed by atoms with Crippen LogP contribution in [0.5, 0.6) is 0 Å². The molecule has 0 aromatic carbocycles. The number of nitrogens with one attached hydrogen (secondary N) is 2. The van der Waals surface area contributed by atoms with Gasteiger partial charge in [-0.05, 0) is 19.0 Å². The van der Waals surface area contributed by atoms with Gasteiger partial charge < -0.3 is 20.1 Å². The van der Waals surface area contributed by atoms with Crippen LogP contribution in [0.15, 0.2) is 0 Å². The molecule has 0 aliphatic carbocycles. The van der Waals surface area contributed by atoms with E-state index in [0.717, 1.165) is 39.4 Å². The van der Waals surface area contributed by atoms with Crippen molar-refractivity contribution in [3.8, 4) is 0 Å². The third-order valence-electron chi connectivity index (χ3n) is 2.02. The van der Waals surface area contributed by atoms with E-state index in [1.807, 2.05) is 13.8 Å². The predicted molar refractivity (Wildman–Crippen MR) is 79.2 cm³/mol. The first kappa shape index (κ1) is 20.2. The molecule has 0 aromatic heterocycles. The molecule has 4 nitrogen and oxygen atoms in total. The molecule has 0 aliphatic rings. The molecule has 0 aliphatic heterocycles. The molecular formula is C14H34N2O2. The van der Waals surface area contributed by atoms with Crippen LogP contribution < -0.4 is 10.6 Å². The van der Waals surface area contributed by atoms with Crippen molar-refractivity contribution < 1.29 is 9.47 Å². The van der Waals surface area contributed by atoms with Crippen LogP contribution in [0.4, 0.5) is 0 Å². The summed E-state index contributed by atoms with van der Waals surface area (Å²) in [6.07, 6.45) is 0. The summed E-state index contributed by atoms with van der Waals surface area (Å²) in [5, 5.41) is 6.53. The molecule has 0 saturated heterocycles. The molecule has 0 spiro atoms. The smallest absolute Gasteiger partial charge is 0.0701 e. The molecular weight excluding hydrogens is 228 g/mol. The van der Waals surface area contributed by atoms with E-state index in [0.29, 0.717) is 19.1 Å². The minimum absolute atomic E-state index is 0.690. The van der Waals surface area contributed by atoms with Crippen LogP contribution in [-0.2, 0) is 9.47 Å². The van der Waals surface area contributed by atoms with Gasteiger partial charge >= 0.3 is 0 Å². The van der Waals surface area contributed by atoms with E-state index in [9.17, 15) is 0 Å². The third-order valence-corrected chi connectivity index (χ3v) is 2.02. The van der Waals surface area contributed by atoms with Gasteiger partial charge in [0.05, 0.1) is 26.4 Å². The SMILES string of the molecule is CC.CCNCCOCCOCCNCC(C)C. The first-order valence-corrected chi connectivity index (χ1v) is 7.34. The average Bonchev–Trinajstić information content (AvgIpc) is 2.38. The zero-order valence-electron chi connectivity index (χ0n) is 13.1. The fourth-order valence-electron chi connectivity index (χ4n) is 1.18. The first-order valence-electron chi connectivity index (χ1n) is 7.34. The molecule has 0 amide bonds. The van der Waals surface area contributed by atoms with E-state index < -0.39 is 0 Å². The number of hydrogen-bond donors (Lipinski definition) is 2. The zero-order chi connectivity index (χ0) is 14.1. The average molecular weight is 262 g/mol. The van der Waals surface area contributed by atoms with E-state index in [-0.39, 0.29) is 0 Å². The molecule has 0 fully saturated rings. The normalized spacial score (nSPS) is 10.3. The van der Waals surface area contributed by atoms with Crippen molar-refractivity contribution in [1.29, 1.82) is 0 Å². The van der Waals surface area contributed by atoms with Crippen molar-refractivity contribution in [2.75, 3.05) is 52.6 Å². The standard InChI is InChI=1S/C12H28N2O2.C2H6/c1-4-13-5-7-15-9-10-16-8-6-14-11-12(2)3;1-2/h12-14H,4-11H2,1-3H3;1-2H3. The van der Waals surface area contributed by atoms with Crippen molar-refractivity contribution in [3.05, 3.63) is 0 Å². The Morgan fingerprint density at radius 1 is 0.833 bits per heavy atom. The highest BCUT2D eigenvalue weighted by Crippen LogP contribution is 1.86. The number of ether oxygens (including phenoxy) is 2. The van der Waals surface area contributed by atoms with Gasteiger partial charge in [-0.3, -0.25) is 0 Å². The van der Waals surface area contributed by atoms with Crippen LogP contribution in [0.25, 0.3) is 0 Å². The van der Waals surface area contributed by atoms with E-state index in [1.54, 1.807) is 0 Å². The molecule has 4 heteroatoms. The number of hydrogen-bond acceptors (Lipinski definition) is 4. The van der Waals surface area contributed by atoms with Crippen LogP contribution in [-0.4, -0.2) is 52.6 Å². The highest BCUT2D eigenvalue weighted by atomic mass is 16.5. The lowest BCUT2D eigenvalue weighted by atomic mass is 10.2. The third kappa shape index (κ3) is 21.2. The Bertz CT molecular complexity index is 133. The van der Waals surface area contributed by atoms with Gasteiger partial charge in [0.1, 0.15) is 0 Å². The topological polar surface area (TPSA) is 42.5 Å². The van der Waals surface area contributed by atoms with Gasteiger partial charge in [-0.2, -0.15) is 0 Å². The van der Waals surface area contributed by atoms with Crippen molar-refractivity contribution in [1.82, 2.24) is 10.6 Å². The molecule has 0 heterocycles. The summed E-state index contributed by atoms with van der Waals surface area (Å²) in [5.41, 5.74) is 0. The highest BCUT2D eigenvalue weighted by molar-refractivity contribution is 4.49. The van der Waals surface area contributed by atoms with Crippen molar-refractivity contribution in [3.63, 3.8) is 0 Å². The lowest BCUT2D eigenvalue weighted by Crippen LogP contribution is -2.24. The van der Waals surface area contributed by atoms with E-state index in [2.05, 4.69) is 31.4 Å². The fourth-order valence-corrected chi connectivity index (χ4v) is 1.18. The Balaban J connectivity index is 0. The van der Waals surface area contributed by atoms with Crippen LogP contribution in [0, 0.1) is 5.92 Å². The minimum atomic E-state index is 0.690. The monoisotopic (exact) mass is 262 g/mol. The molecule has 0 saturated carbocycles. The van der Waals surface area contributed by atoms with Crippen molar-refractivity contribution >= 4 is 0 Å². The summed E-state index contributed by atoms with van der Waals surface area (Å²) in [4.78, 5) is 0. The summed E-state index contributed by atoms with van der Waals surface area (Å²) in [6, 6.07) is 0. The van der Waals surface area contributed by atoms with Crippen LogP contribution in [0.3, 0.4) is 0 Å². The largest absolute Gasteiger partial charge is 0.378 e. The molecule has 0 bridgehead atoms. The zero-order valence-corrected chi connectivity index (χ0v) is 13.1. The van der Waals surface area contributed by atoms with Crippen LogP contribution in [0.2, 0.25) is 0 Å². The maximum atomic E-state index is 5.41. The molecule has 0 atom stereocenters. The number of rotatable bonds is 12. The lowest BCUT2D eigenvalue weighted by Gasteiger charge is -2.08. The first-order chi connectivity index (χ1) is 8.77. The molecule has 18 heavy (non-hydrogen) atoms. The van der Waals surface area contributed by atoms with Crippen molar-refractivity contribution in [2.45, 2.75) is 34.6 Å². The fraction of sp³-hybridized carbons (Fsp3) is 1.00. The lowest BCUT2D eigenvalue weighted by molar-refractivity contribution is 0.0499. The molecule has 112 valence electrons. The number of likely N-dealkylation sites (N-methyl/N-ethyl adjacent to an activating group) is 1. The summed E-state index contributed by atoms with van der Waals surface area (Å²) in [5.74, 6) is 0.703. The van der Waals surface area contributed by atoms with Gasteiger partial charge in [0.25, 0.3) is 0 Å². The van der Waals surface area contributed by atoms with Crippen LogP contribution in [0.1, 0.15) is 34.6 Å². The summed E-state index contributed by atoms with van der Waals surface area (Å²) in [6.45, 7) is 17.3. The molecule has 2 N–H and O–H groups in total.